The van der Waals surface area contributed by atoms with Gasteiger partial charge in [-0.15, -0.1) is 0 Å². The van der Waals surface area contributed by atoms with Gasteiger partial charge < -0.3 is 24.1 Å². The highest BCUT2D eigenvalue weighted by Gasteiger charge is 2.16. The summed E-state index contributed by atoms with van der Waals surface area (Å²) in [5, 5.41) is 13.6. The van der Waals surface area contributed by atoms with Gasteiger partial charge in [-0.25, -0.2) is 0 Å². The minimum Gasteiger partial charge on any atom is -0.493 e. The number of unbranched alkanes of at least 4 members (excludes halogenated alkanes) is 4. The van der Waals surface area contributed by atoms with Crippen LogP contribution in [0.5, 0.6) is 5.75 Å². The molecule has 0 amide bonds. The van der Waals surface area contributed by atoms with Crippen molar-refractivity contribution in [3.8, 4) is 5.75 Å². The Hall–Kier alpha value is -2.18. The molecule has 3 rings (SSSR count). The van der Waals surface area contributed by atoms with Crippen LogP contribution < -0.4 is 4.74 Å². The molecule has 192 valence electrons. The van der Waals surface area contributed by atoms with E-state index in [2.05, 4.69) is 57.2 Å². The molecule has 0 aliphatic heterocycles. The van der Waals surface area contributed by atoms with Gasteiger partial charge in [-0.05, 0) is 42.5 Å². The van der Waals surface area contributed by atoms with Crippen molar-refractivity contribution < 1.29 is 24.1 Å². The van der Waals surface area contributed by atoms with Crippen LogP contribution in [0.25, 0.3) is 21.5 Å². The summed E-state index contributed by atoms with van der Waals surface area (Å²) in [4.78, 5) is 0. The zero-order valence-corrected chi connectivity index (χ0v) is 21.7. The molecule has 0 aliphatic rings. The number of rotatable bonds is 17. The van der Waals surface area contributed by atoms with E-state index in [4.69, 9.17) is 24.1 Å². The third-order valence-electron chi connectivity index (χ3n) is 6.20. The van der Waals surface area contributed by atoms with Crippen molar-refractivity contribution in [3.05, 3.63) is 53.1 Å². The van der Waals surface area contributed by atoms with E-state index in [0.717, 1.165) is 23.1 Å². The van der Waals surface area contributed by atoms with Gasteiger partial charge in [-0.1, -0.05) is 74.1 Å². The van der Waals surface area contributed by atoms with Gasteiger partial charge in [0.15, 0.2) is 0 Å². The van der Waals surface area contributed by atoms with Crippen LogP contribution in [0, 0.1) is 13.8 Å². The summed E-state index contributed by atoms with van der Waals surface area (Å²) >= 11 is 0. The van der Waals surface area contributed by atoms with Crippen molar-refractivity contribution in [2.75, 3.05) is 46.2 Å². The van der Waals surface area contributed by atoms with Gasteiger partial charge in [-0.3, -0.25) is 0 Å². The van der Waals surface area contributed by atoms with Gasteiger partial charge in [0.2, 0.25) is 0 Å². The average Bonchev–Trinajstić information content (AvgIpc) is 2.85. The predicted molar refractivity (Wildman–Crippen MR) is 144 cm³/mol. The van der Waals surface area contributed by atoms with E-state index < -0.39 is 0 Å². The maximum Gasteiger partial charge on any atom is 0.133 e. The molecule has 0 spiro atoms. The summed E-state index contributed by atoms with van der Waals surface area (Å²) in [6, 6.07) is 13.3. The van der Waals surface area contributed by atoms with Crippen LogP contribution in [0.1, 0.15) is 55.7 Å². The van der Waals surface area contributed by atoms with Gasteiger partial charge in [0.25, 0.3) is 0 Å². The number of aliphatic hydroxyl groups excluding tert-OH is 1. The molecule has 0 aromatic heterocycles. The molecule has 0 atom stereocenters. The summed E-state index contributed by atoms with van der Waals surface area (Å²) < 4.78 is 23.4. The Labute approximate surface area is 210 Å². The van der Waals surface area contributed by atoms with E-state index in [-0.39, 0.29) is 6.61 Å². The second-order valence-corrected chi connectivity index (χ2v) is 9.17. The highest BCUT2D eigenvalue weighted by molar-refractivity contribution is 6.12. The highest BCUT2D eigenvalue weighted by atomic mass is 16.5. The topological polar surface area (TPSA) is 57.2 Å². The molecule has 0 unspecified atom stereocenters. The Balaban J connectivity index is 1.78. The van der Waals surface area contributed by atoms with E-state index in [0.29, 0.717) is 46.2 Å². The first-order valence-corrected chi connectivity index (χ1v) is 13.1. The Bertz CT molecular complexity index is 1050. The molecule has 3 aromatic carbocycles. The number of hydrogen-bond donors (Lipinski definition) is 1. The molecule has 3 aromatic rings. The molecular formula is C30H42O5. The largest absolute Gasteiger partial charge is 0.493 e. The number of aliphatic hydroxyl groups is 1. The quantitative estimate of drug-likeness (QED) is 0.176. The lowest BCUT2D eigenvalue weighted by Gasteiger charge is -2.19. The third kappa shape index (κ3) is 8.18. The predicted octanol–water partition coefficient (Wildman–Crippen LogP) is 6.50. The van der Waals surface area contributed by atoms with Crippen LogP contribution in [0.2, 0.25) is 0 Å². The van der Waals surface area contributed by atoms with Crippen LogP contribution in [-0.2, 0) is 20.8 Å². The molecular weight excluding hydrogens is 440 g/mol. The lowest BCUT2D eigenvalue weighted by atomic mass is 9.94. The fourth-order valence-electron chi connectivity index (χ4n) is 4.37. The first-order chi connectivity index (χ1) is 17.2. The van der Waals surface area contributed by atoms with E-state index in [9.17, 15) is 0 Å². The van der Waals surface area contributed by atoms with Crippen molar-refractivity contribution in [2.45, 2.75) is 59.5 Å². The lowest BCUT2D eigenvalue weighted by Crippen LogP contribution is -2.11. The van der Waals surface area contributed by atoms with Crippen LogP contribution in [-0.4, -0.2) is 51.4 Å². The molecule has 0 bridgehead atoms. The van der Waals surface area contributed by atoms with Crippen LogP contribution in [0.3, 0.4) is 0 Å². The maximum atomic E-state index is 8.75. The molecule has 5 heteroatoms. The van der Waals surface area contributed by atoms with Crippen molar-refractivity contribution in [1.29, 1.82) is 0 Å². The zero-order valence-electron chi connectivity index (χ0n) is 21.7. The molecule has 1 N–H and O–H groups in total. The van der Waals surface area contributed by atoms with Crippen molar-refractivity contribution in [3.63, 3.8) is 0 Å². The third-order valence-corrected chi connectivity index (χ3v) is 6.20. The first kappa shape index (κ1) is 27.4. The maximum absolute atomic E-state index is 8.75. The minimum atomic E-state index is 0.0327. The molecule has 0 saturated carbocycles. The summed E-state index contributed by atoms with van der Waals surface area (Å²) in [6.07, 6.45) is 6.05. The molecule has 0 fully saturated rings. The zero-order chi connectivity index (χ0) is 24.9. The average molecular weight is 483 g/mol. The first-order valence-electron chi connectivity index (χ1n) is 13.1. The summed E-state index contributed by atoms with van der Waals surface area (Å²) in [6.45, 7) is 10.0. The Kier molecular flexibility index (Phi) is 11.8. The molecule has 0 saturated heterocycles. The summed E-state index contributed by atoms with van der Waals surface area (Å²) in [5.41, 5.74) is 3.56. The Morgan fingerprint density at radius 3 is 1.91 bits per heavy atom. The number of hydrogen-bond acceptors (Lipinski definition) is 5. The number of benzene rings is 3. The van der Waals surface area contributed by atoms with Gasteiger partial charge >= 0.3 is 0 Å². The monoisotopic (exact) mass is 482 g/mol. The Morgan fingerprint density at radius 2 is 1.23 bits per heavy atom. The van der Waals surface area contributed by atoms with Gasteiger partial charge in [0, 0.05) is 10.9 Å². The normalized spacial score (nSPS) is 11.5. The second kappa shape index (κ2) is 15.0. The lowest BCUT2D eigenvalue weighted by molar-refractivity contribution is 0.00440. The number of fused-ring (bicyclic) bond motifs is 3. The summed E-state index contributed by atoms with van der Waals surface area (Å²) in [5.74, 6) is 0.954. The van der Waals surface area contributed by atoms with Crippen LogP contribution in [0.15, 0.2) is 36.4 Å². The molecule has 0 aliphatic carbocycles. The van der Waals surface area contributed by atoms with Gasteiger partial charge in [0.1, 0.15) is 5.75 Å². The molecule has 5 nitrogen and oxygen atoms in total. The van der Waals surface area contributed by atoms with Crippen molar-refractivity contribution in [2.24, 2.45) is 0 Å². The molecule has 0 heterocycles. The van der Waals surface area contributed by atoms with Crippen molar-refractivity contribution >= 4 is 21.5 Å². The van der Waals surface area contributed by atoms with E-state index in [1.54, 1.807) is 0 Å². The van der Waals surface area contributed by atoms with E-state index in [1.165, 1.54) is 53.0 Å². The number of aryl methyl sites for hydroxylation is 2. The van der Waals surface area contributed by atoms with Crippen LogP contribution in [0.4, 0.5) is 0 Å². The molecule has 35 heavy (non-hydrogen) atoms. The smallest absolute Gasteiger partial charge is 0.133 e. The fourth-order valence-corrected chi connectivity index (χ4v) is 4.37. The number of ether oxygens (including phenoxy) is 4. The van der Waals surface area contributed by atoms with E-state index in [1.807, 2.05) is 0 Å². The minimum absolute atomic E-state index is 0.0327. The standard InChI is InChI=1S/C30H42O5/c1-4-5-6-7-8-14-35-30-28-21-24(3)10-12-26(28)25-11-9-23(2)20-27(25)29(30)22-34-19-18-33-17-16-32-15-13-31/h9-12,20-21,31H,4-8,13-19,22H2,1-3H3. The van der Waals surface area contributed by atoms with Gasteiger partial charge in [0.05, 0.1) is 52.9 Å². The highest BCUT2D eigenvalue weighted by Crippen LogP contribution is 2.39. The second-order valence-electron chi connectivity index (χ2n) is 9.17. The molecule has 0 radical (unpaired) electrons. The van der Waals surface area contributed by atoms with Crippen molar-refractivity contribution in [1.82, 2.24) is 0 Å². The van der Waals surface area contributed by atoms with Crippen LogP contribution >= 0.6 is 0 Å². The SMILES string of the molecule is CCCCCCCOc1c(COCCOCCOCCO)c2cc(C)ccc2c2ccc(C)cc12. The summed E-state index contributed by atoms with van der Waals surface area (Å²) in [7, 11) is 0. The van der Waals surface area contributed by atoms with E-state index >= 15 is 0 Å². The Morgan fingerprint density at radius 1 is 0.629 bits per heavy atom. The fraction of sp³-hybridized carbons (Fsp3) is 0.533. The van der Waals surface area contributed by atoms with Gasteiger partial charge in [-0.2, -0.15) is 0 Å².